The number of fused-ring (bicyclic) bond motifs is 1. The summed E-state index contributed by atoms with van der Waals surface area (Å²) in [6, 6.07) is 2.11. The lowest BCUT2D eigenvalue weighted by atomic mass is 10.3. The highest BCUT2D eigenvalue weighted by molar-refractivity contribution is 5.39. The van der Waals surface area contributed by atoms with E-state index in [-0.39, 0.29) is 0 Å². The van der Waals surface area contributed by atoms with Gasteiger partial charge in [0.15, 0.2) is 0 Å². The van der Waals surface area contributed by atoms with Gasteiger partial charge in [0, 0.05) is 25.7 Å². The van der Waals surface area contributed by atoms with Crippen LogP contribution in [0, 0.1) is 0 Å². The Morgan fingerprint density at radius 3 is 3.25 bits per heavy atom. The highest BCUT2D eigenvalue weighted by atomic mass is 15.4. The summed E-state index contributed by atoms with van der Waals surface area (Å²) >= 11 is 0. The van der Waals surface area contributed by atoms with Crippen LogP contribution >= 0.6 is 0 Å². The molecule has 1 aliphatic rings. The van der Waals surface area contributed by atoms with Crippen molar-refractivity contribution in [2.24, 2.45) is 0 Å². The molecule has 0 bridgehead atoms. The second-order valence-electron chi connectivity index (χ2n) is 3.25. The van der Waals surface area contributed by atoms with Crippen LogP contribution in [0.5, 0.6) is 0 Å². The van der Waals surface area contributed by atoms with E-state index >= 15 is 0 Å². The first-order valence-corrected chi connectivity index (χ1v) is 4.68. The fourth-order valence-corrected chi connectivity index (χ4v) is 1.79. The third kappa shape index (κ3) is 1.19. The molecular formula is C9H15N3. The fraction of sp³-hybridized carbons (Fsp3) is 0.667. The molecule has 0 amide bonds. The maximum absolute atomic E-state index is 4.26. The Hall–Kier alpha value is -0.990. The Morgan fingerprint density at radius 2 is 2.42 bits per heavy atom. The summed E-state index contributed by atoms with van der Waals surface area (Å²) < 4.78 is 2.10. The molecular weight excluding hydrogens is 150 g/mol. The van der Waals surface area contributed by atoms with Gasteiger partial charge in [-0.3, -0.25) is 0 Å². The summed E-state index contributed by atoms with van der Waals surface area (Å²) in [5.74, 6) is 1.29. The van der Waals surface area contributed by atoms with Crippen molar-refractivity contribution >= 4 is 5.82 Å². The lowest BCUT2D eigenvalue weighted by Gasteiger charge is -2.28. The number of aryl methyl sites for hydroxylation is 1. The van der Waals surface area contributed by atoms with Gasteiger partial charge < -0.3 is 4.90 Å². The van der Waals surface area contributed by atoms with Gasteiger partial charge in [-0.15, -0.1) is 0 Å². The molecule has 0 saturated heterocycles. The second kappa shape index (κ2) is 3.17. The molecule has 0 unspecified atom stereocenters. The zero-order valence-electron chi connectivity index (χ0n) is 7.53. The summed E-state index contributed by atoms with van der Waals surface area (Å²) in [6.45, 7) is 5.66. The van der Waals surface area contributed by atoms with E-state index in [4.69, 9.17) is 0 Å². The Balaban J connectivity index is 2.19. The minimum Gasteiger partial charge on any atom is -0.357 e. The predicted molar refractivity (Wildman–Crippen MR) is 49.3 cm³/mol. The molecule has 0 atom stereocenters. The van der Waals surface area contributed by atoms with Gasteiger partial charge in [-0.1, -0.05) is 6.92 Å². The second-order valence-corrected chi connectivity index (χ2v) is 3.25. The van der Waals surface area contributed by atoms with Crippen LogP contribution in [0.4, 0.5) is 5.82 Å². The van der Waals surface area contributed by atoms with Crippen molar-refractivity contribution in [3.05, 3.63) is 12.3 Å². The van der Waals surface area contributed by atoms with E-state index in [2.05, 4.69) is 27.7 Å². The van der Waals surface area contributed by atoms with Crippen LogP contribution in [-0.4, -0.2) is 22.9 Å². The standard InChI is InChI=1S/C9H15N3/c1-2-6-11-7-3-8-12-9(11)4-5-10-12/h4-5H,2-3,6-8H2,1H3. The topological polar surface area (TPSA) is 21.1 Å². The van der Waals surface area contributed by atoms with Crippen molar-refractivity contribution in [2.45, 2.75) is 26.3 Å². The summed E-state index contributed by atoms with van der Waals surface area (Å²) in [6.07, 6.45) is 4.34. The highest BCUT2D eigenvalue weighted by Crippen LogP contribution is 2.18. The summed E-state index contributed by atoms with van der Waals surface area (Å²) in [7, 11) is 0. The third-order valence-corrected chi connectivity index (χ3v) is 2.31. The van der Waals surface area contributed by atoms with E-state index in [0.717, 1.165) is 13.1 Å². The SMILES string of the molecule is CCCN1CCCn2nccc21. The monoisotopic (exact) mass is 165 g/mol. The zero-order valence-corrected chi connectivity index (χ0v) is 7.53. The van der Waals surface area contributed by atoms with Crippen LogP contribution < -0.4 is 4.90 Å². The summed E-state index contributed by atoms with van der Waals surface area (Å²) in [5, 5.41) is 4.26. The van der Waals surface area contributed by atoms with Crippen molar-refractivity contribution in [2.75, 3.05) is 18.0 Å². The number of rotatable bonds is 2. The molecule has 0 fully saturated rings. The molecule has 0 saturated carbocycles. The van der Waals surface area contributed by atoms with E-state index in [1.54, 1.807) is 0 Å². The van der Waals surface area contributed by atoms with Gasteiger partial charge in [0.25, 0.3) is 0 Å². The fourth-order valence-electron chi connectivity index (χ4n) is 1.79. The first-order valence-electron chi connectivity index (χ1n) is 4.68. The average Bonchev–Trinajstić information content (AvgIpc) is 2.53. The molecule has 1 aromatic heterocycles. The van der Waals surface area contributed by atoms with E-state index in [0.29, 0.717) is 0 Å². The van der Waals surface area contributed by atoms with E-state index in [9.17, 15) is 0 Å². The van der Waals surface area contributed by atoms with Crippen LogP contribution in [0.2, 0.25) is 0 Å². The van der Waals surface area contributed by atoms with Crippen molar-refractivity contribution < 1.29 is 0 Å². The molecule has 2 heterocycles. The Labute approximate surface area is 73.0 Å². The van der Waals surface area contributed by atoms with Gasteiger partial charge >= 0.3 is 0 Å². The first-order chi connectivity index (χ1) is 5.92. The Morgan fingerprint density at radius 1 is 1.50 bits per heavy atom. The number of nitrogens with zero attached hydrogens (tertiary/aromatic N) is 3. The van der Waals surface area contributed by atoms with Crippen LogP contribution in [0.1, 0.15) is 19.8 Å². The molecule has 0 aliphatic carbocycles. The van der Waals surface area contributed by atoms with Crippen LogP contribution in [-0.2, 0) is 6.54 Å². The minimum absolute atomic E-state index is 1.09. The predicted octanol–water partition coefficient (Wildman–Crippen LogP) is 1.50. The lowest BCUT2D eigenvalue weighted by molar-refractivity contribution is 0.516. The van der Waals surface area contributed by atoms with E-state index < -0.39 is 0 Å². The number of hydrogen-bond donors (Lipinski definition) is 0. The number of anilines is 1. The van der Waals surface area contributed by atoms with Crippen molar-refractivity contribution in [1.82, 2.24) is 9.78 Å². The molecule has 0 N–H and O–H groups in total. The number of hydrogen-bond acceptors (Lipinski definition) is 2. The summed E-state index contributed by atoms with van der Waals surface area (Å²) in [4.78, 5) is 2.41. The smallest absolute Gasteiger partial charge is 0.126 e. The molecule has 0 spiro atoms. The molecule has 1 aliphatic heterocycles. The van der Waals surface area contributed by atoms with E-state index in [1.165, 1.54) is 25.2 Å². The molecule has 0 radical (unpaired) electrons. The van der Waals surface area contributed by atoms with Gasteiger partial charge in [-0.25, -0.2) is 4.68 Å². The van der Waals surface area contributed by atoms with Gasteiger partial charge in [-0.2, -0.15) is 5.10 Å². The molecule has 66 valence electrons. The molecule has 1 aromatic rings. The maximum Gasteiger partial charge on any atom is 0.126 e. The lowest BCUT2D eigenvalue weighted by Crippen LogP contribution is -2.32. The van der Waals surface area contributed by atoms with Crippen LogP contribution in [0.25, 0.3) is 0 Å². The van der Waals surface area contributed by atoms with Gasteiger partial charge in [0.05, 0.1) is 6.20 Å². The van der Waals surface area contributed by atoms with Gasteiger partial charge in [-0.05, 0) is 12.8 Å². The largest absolute Gasteiger partial charge is 0.357 e. The maximum atomic E-state index is 4.26. The molecule has 3 nitrogen and oxygen atoms in total. The van der Waals surface area contributed by atoms with Crippen molar-refractivity contribution in [3.8, 4) is 0 Å². The van der Waals surface area contributed by atoms with Gasteiger partial charge in [0.1, 0.15) is 5.82 Å². The molecule has 3 heteroatoms. The third-order valence-electron chi connectivity index (χ3n) is 2.31. The number of aromatic nitrogens is 2. The first kappa shape index (κ1) is 7.65. The Bertz CT molecular complexity index is 254. The van der Waals surface area contributed by atoms with Crippen molar-refractivity contribution in [3.63, 3.8) is 0 Å². The molecule has 0 aromatic carbocycles. The van der Waals surface area contributed by atoms with E-state index in [1.807, 2.05) is 6.20 Å². The van der Waals surface area contributed by atoms with Crippen molar-refractivity contribution in [1.29, 1.82) is 0 Å². The molecule has 12 heavy (non-hydrogen) atoms. The summed E-state index contributed by atoms with van der Waals surface area (Å²) in [5.41, 5.74) is 0. The Kier molecular flexibility index (Phi) is 2.02. The normalized spacial score (nSPS) is 16.2. The van der Waals surface area contributed by atoms with Crippen LogP contribution in [0.15, 0.2) is 12.3 Å². The van der Waals surface area contributed by atoms with Gasteiger partial charge in [0.2, 0.25) is 0 Å². The van der Waals surface area contributed by atoms with Crippen LogP contribution in [0.3, 0.4) is 0 Å². The molecule has 2 rings (SSSR count). The highest BCUT2D eigenvalue weighted by Gasteiger charge is 2.15. The zero-order chi connectivity index (χ0) is 8.39. The minimum atomic E-state index is 1.09. The average molecular weight is 165 g/mol. The quantitative estimate of drug-likeness (QED) is 0.662.